The maximum Gasteiger partial charge on any atom is 0.229 e. The molecule has 0 saturated carbocycles. The van der Waals surface area contributed by atoms with Crippen molar-refractivity contribution in [2.75, 3.05) is 16.8 Å². The molecule has 2 aromatic carbocycles. The highest BCUT2D eigenvalue weighted by atomic mass is 15.2. The summed E-state index contributed by atoms with van der Waals surface area (Å²) in [6, 6.07) is 17.0. The summed E-state index contributed by atoms with van der Waals surface area (Å²) in [5, 5.41) is 3.44. The third-order valence-electron chi connectivity index (χ3n) is 4.95. The van der Waals surface area contributed by atoms with Gasteiger partial charge in [0.05, 0.1) is 0 Å². The van der Waals surface area contributed by atoms with E-state index in [4.69, 9.17) is 4.98 Å². The highest BCUT2D eigenvalue weighted by molar-refractivity contribution is 5.68. The zero-order valence-electron chi connectivity index (χ0n) is 15.6. The Bertz CT molecular complexity index is 928. The number of hydrogen-bond acceptors (Lipinski definition) is 4. The van der Waals surface area contributed by atoms with Gasteiger partial charge in [-0.15, -0.1) is 0 Å². The van der Waals surface area contributed by atoms with Crippen molar-refractivity contribution < 1.29 is 0 Å². The van der Waals surface area contributed by atoms with E-state index in [1.165, 1.54) is 22.4 Å². The Balaban J connectivity index is 1.72. The minimum atomic E-state index is 0.653. The van der Waals surface area contributed by atoms with E-state index in [9.17, 15) is 0 Å². The number of para-hydroxylation sites is 2. The molecule has 4 heteroatoms. The Labute approximate surface area is 154 Å². The molecule has 4 rings (SSSR count). The topological polar surface area (TPSA) is 41.1 Å². The summed E-state index contributed by atoms with van der Waals surface area (Å²) < 4.78 is 0. The van der Waals surface area contributed by atoms with Gasteiger partial charge in [0.1, 0.15) is 5.82 Å². The van der Waals surface area contributed by atoms with Crippen LogP contribution >= 0.6 is 0 Å². The third kappa shape index (κ3) is 3.15. The molecular formula is C22H24N4. The van der Waals surface area contributed by atoms with Crippen LogP contribution in [0.4, 0.5) is 23.1 Å². The fraction of sp³-hybridized carbons (Fsp3) is 0.273. The van der Waals surface area contributed by atoms with Crippen LogP contribution < -0.4 is 10.2 Å². The third-order valence-corrected chi connectivity index (χ3v) is 4.95. The van der Waals surface area contributed by atoms with Gasteiger partial charge in [0.2, 0.25) is 5.95 Å². The molecule has 0 bridgehead atoms. The van der Waals surface area contributed by atoms with Gasteiger partial charge in [-0.05, 0) is 56.4 Å². The highest BCUT2D eigenvalue weighted by Gasteiger charge is 2.20. The molecule has 132 valence electrons. The van der Waals surface area contributed by atoms with Crippen molar-refractivity contribution in [2.24, 2.45) is 0 Å². The Kier molecular flexibility index (Phi) is 4.33. The molecule has 2 heterocycles. The molecule has 0 aliphatic carbocycles. The zero-order valence-corrected chi connectivity index (χ0v) is 15.6. The SMILES string of the molecule is Cc1cc(N2CCCc3ccccc32)nc(Nc2c(C)cccc2C)n1. The average molecular weight is 344 g/mol. The number of benzene rings is 2. The minimum absolute atomic E-state index is 0.653. The zero-order chi connectivity index (χ0) is 18.1. The number of rotatable bonds is 3. The van der Waals surface area contributed by atoms with E-state index in [1.54, 1.807) is 0 Å². The summed E-state index contributed by atoms with van der Waals surface area (Å²) in [4.78, 5) is 11.8. The maximum absolute atomic E-state index is 4.84. The van der Waals surface area contributed by atoms with Gasteiger partial charge < -0.3 is 10.2 Å². The number of fused-ring (bicyclic) bond motifs is 1. The molecule has 1 N–H and O–H groups in total. The number of anilines is 4. The summed E-state index contributed by atoms with van der Waals surface area (Å²) in [6.45, 7) is 7.22. The van der Waals surface area contributed by atoms with Crippen LogP contribution in [0.2, 0.25) is 0 Å². The smallest absolute Gasteiger partial charge is 0.229 e. The lowest BCUT2D eigenvalue weighted by atomic mass is 10.0. The molecule has 0 fully saturated rings. The highest BCUT2D eigenvalue weighted by Crippen LogP contribution is 2.33. The molecule has 1 aromatic heterocycles. The molecule has 0 amide bonds. The Morgan fingerprint density at radius 3 is 2.50 bits per heavy atom. The van der Waals surface area contributed by atoms with Crippen molar-refractivity contribution >= 4 is 23.1 Å². The lowest BCUT2D eigenvalue weighted by Crippen LogP contribution is -2.25. The summed E-state index contributed by atoms with van der Waals surface area (Å²) in [6.07, 6.45) is 2.27. The Morgan fingerprint density at radius 2 is 1.69 bits per heavy atom. The monoisotopic (exact) mass is 344 g/mol. The van der Waals surface area contributed by atoms with Gasteiger partial charge >= 0.3 is 0 Å². The summed E-state index contributed by atoms with van der Waals surface area (Å²) in [5.41, 5.74) is 7.09. The molecule has 0 radical (unpaired) electrons. The van der Waals surface area contributed by atoms with E-state index in [2.05, 4.69) is 77.6 Å². The fourth-order valence-corrected chi connectivity index (χ4v) is 3.64. The molecule has 0 unspecified atom stereocenters. The van der Waals surface area contributed by atoms with Gasteiger partial charge in [-0.1, -0.05) is 36.4 Å². The van der Waals surface area contributed by atoms with Crippen LogP contribution in [-0.4, -0.2) is 16.5 Å². The van der Waals surface area contributed by atoms with Gasteiger partial charge in [0, 0.05) is 29.7 Å². The molecule has 3 aromatic rings. The number of aryl methyl sites for hydroxylation is 4. The summed E-state index contributed by atoms with van der Waals surface area (Å²) in [7, 11) is 0. The van der Waals surface area contributed by atoms with Crippen LogP contribution in [0.5, 0.6) is 0 Å². The molecule has 4 nitrogen and oxygen atoms in total. The van der Waals surface area contributed by atoms with Crippen molar-refractivity contribution in [3.05, 3.63) is 70.9 Å². The van der Waals surface area contributed by atoms with Crippen LogP contribution in [0.25, 0.3) is 0 Å². The van der Waals surface area contributed by atoms with E-state index in [0.29, 0.717) is 5.95 Å². The van der Waals surface area contributed by atoms with Gasteiger partial charge in [0.15, 0.2) is 0 Å². The fourth-order valence-electron chi connectivity index (χ4n) is 3.64. The van der Waals surface area contributed by atoms with Crippen molar-refractivity contribution in [3.8, 4) is 0 Å². The summed E-state index contributed by atoms with van der Waals surface area (Å²) in [5.74, 6) is 1.61. The second kappa shape index (κ2) is 6.79. The lowest BCUT2D eigenvalue weighted by molar-refractivity contribution is 0.758. The summed E-state index contributed by atoms with van der Waals surface area (Å²) >= 11 is 0. The largest absolute Gasteiger partial charge is 0.326 e. The van der Waals surface area contributed by atoms with E-state index in [1.807, 2.05) is 6.92 Å². The minimum Gasteiger partial charge on any atom is -0.326 e. The first-order valence-corrected chi connectivity index (χ1v) is 9.16. The first kappa shape index (κ1) is 16.6. The standard InChI is InChI=1S/C22H24N4/c1-15-8-6-9-16(2)21(15)25-22-23-17(3)14-20(24-22)26-13-7-11-18-10-4-5-12-19(18)26/h4-6,8-10,12,14H,7,11,13H2,1-3H3,(H,23,24,25). The van der Waals surface area contributed by atoms with Crippen molar-refractivity contribution in [2.45, 2.75) is 33.6 Å². The Morgan fingerprint density at radius 1 is 0.923 bits per heavy atom. The van der Waals surface area contributed by atoms with Crippen LogP contribution in [-0.2, 0) is 6.42 Å². The lowest BCUT2D eigenvalue weighted by Gasteiger charge is -2.30. The molecule has 1 aliphatic rings. The molecule has 0 saturated heterocycles. The molecular weight excluding hydrogens is 320 g/mol. The molecule has 1 aliphatic heterocycles. The number of aromatic nitrogens is 2. The van der Waals surface area contributed by atoms with Crippen molar-refractivity contribution in [3.63, 3.8) is 0 Å². The van der Waals surface area contributed by atoms with Crippen LogP contribution in [0, 0.1) is 20.8 Å². The second-order valence-electron chi connectivity index (χ2n) is 6.97. The average Bonchev–Trinajstić information content (AvgIpc) is 2.64. The second-order valence-corrected chi connectivity index (χ2v) is 6.97. The van der Waals surface area contributed by atoms with Gasteiger partial charge in [-0.2, -0.15) is 4.98 Å². The maximum atomic E-state index is 4.84. The van der Waals surface area contributed by atoms with Crippen molar-refractivity contribution in [1.82, 2.24) is 9.97 Å². The van der Waals surface area contributed by atoms with Crippen LogP contribution in [0.1, 0.15) is 28.8 Å². The number of nitrogens with zero attached hydrogens (tertiary/aromatic N) is 3. The van der Waals surface area contributed by atoms with Crippen molar-refractivity contribution in [1.29, 1.82) is 0 Å². The van der Waals surface area contributed by atoms with Gasteiger partial charge in [-0.3, -0.25) is 0 Å². The molecule has 0 spiro atoms. The number of hydrogen-bond donors (Lipinski definition) is 1. The number of nitrogens with one attached hydrogen (secondary N) is 1. The Hall–Kier alpha value is -2.88. The van der Waals surface area contributed by atoms with Crippen LogP contribution in [0.3, 0.4) is 0 Å². The molecule has 0 atom stereocenters. The first-order chi connectivity index (χ1) is 12.6. The quantitative estimate of drug-likeness (QED) is 0.706. The van der Waals surface area contributed by atoms with E-state index in [-0.39, 0.29) is 0 Å². The van der Waals surface area contributed by atoms with E-state index >= 15 is 0 Å². The molecule has 26 heavy (non-hydrogen) atoms. The van der Waals surface area contributed by atoms with E-state index < -0.39 is 0 Å². The predicted octanol–water partition coefficient (Wildman–Crippen LogP) is 5.23. The van der Waals surface area contributed by atoms with Gasteiger partial charge in [-0.25, -0.2) is 4.98 Å². The first-order valence-electron chi connectivity index (χ1n) is 9.16. The van der Waals surface area contributed by atoms with E-state index in [0.717, 1.165) is 36.6 Å². The van der Waals surface area contributed by atoms with Gasteiger partial charge in [0.25, 0.3) is 0 Å². The van der Waals surface area contributed by atoms with Crippen LogP contribution in [0.15, 0.2) is 48.5 Å². The normalized spacial score (nSPS) is 13.4. The predicted molar refractivity (Wildman–Crippen MR) is 108 cm³/mol.